The Labute approximate surface area is 93.0 Å². The molecule has 0 saturated heterocycles. The second-order valence-corrected chi connectivity index (χ2v) is 4.16. The molecule has 2 nitrogen and oxygen atoms in total. The quantitative estimate of drug-likeness (QED) is 0.900. The summed E-state index contributed by atoms with van der Waals surface area (Å²) >= 11 is 3.48. The number of aliphatic hydroxyl groups is 1. The molecule has 0 heterocycles. The maximum atomic E-state index is 9.21. The first-order chi connectivity index (χ1) is 6.65. The highest BCUT2D eigenvalue weighted by atomic mass is 79.9. The summed E-state index contributed by atoms with van der Waals surface area (Å²) < 4.78 is 6.29. The molecule has 1 aromatic carbocycles. The van der Waals surface area contributed by atoms with Crippen LogP contribution in [0.1, 0.15) is 18.9 Å². The highest BCUT2D eigenvalue weighted by Gasteiger charge is 2.07. The summed E-state index contributed by atoms with van der Waals surface area (Å²) in [6.07, 6.45) is 1.30. The molecule has 0 aliphatic heterocycles. The molecule has 0 radical (unpaired) electrons. The van der Waals surface area contributed by atoms with Crippen LogP contribution in [-0.4, -0.2) is 18.3 Å². The van der Waals surface area contributed by atoms with Gasteiger partial charge in [0.2, 0.25) is 0 Å². The van der Waals surface area contributed by atoms with Gasteiger partial charge in [-0.3, -0.25) is 0 Å². The van der Waals surface area contributed by atoms with E-state index in [0.29, 0.717) is 0 Å². The summed E-state index contributed by atoms with van der Waals surface area (Å²) in [6.45, 7) is 1.79. The number of rotatable bonds is 4. The lowest BCUT2D eigenvalue weighted by molar-refractivity contribution is 0.184. The van der Waals surface area contributed by atoms with E-state index in [2.05, 4.69) is 15.9 Å². The van der Waals surface area contributed by atoms with Crippen LogP contribution in [0.3, 0.4) is 0 Å². The molecule has 0 fully saturated rings. The summed E-state index contributed by atoms with van der Waals surface area (Å²) in [5.74, 6) is 0.875. The summed E-state index contributed by atoms with van der Waals surface area (Å²) in [5, 5.41) is 9.21. The normalized spacial score (nSPS) is 12.6. The summed E-state index contributed by atoms with van der Waals surface area (Å²) in [7, 11) is 1.66. The Hall–Kier alpha value is -0.540. The molecule has 1 atom stereocenters. The second-order valence-electron chi connectivity index (χ2n) is 3.31. The number of hydrogen-bond acceptors (Lipinski definition) is 2. The maximum absolute atomic E-state index is 9.21. The van der Waals surface area contributed by atoms with Gasteiger partial charge >= 0.3 is 0 Å². The van der Waals surface area contributed by atoms with Crippen molar-refractivity contribution >= 4 is 15.9 Å². The molecule has 0 aliphatic carbocycles. The van der Waals surface area contributed by atoms with Crippen LogP contribution in [0.4, 0.5) is 0 Å². The molecule has 3 heteroatoms. The Morgan fingerprint density at radius 3 is 2.79 bits per heavy atom. The molecular weight excluding hydrogens is 244 g/mol. The molecule has 0 saturated carbocycles. The third-order valence-electron chi connectivity index (χ3n) is 2.11. The smallest absolute Gasteiger partial charge is 0.123 e. The summed E-state index contributed by atoms with van der Waals surface area (Å²) in [6, 6.07) is 5.86. The van der Waals surface area contributed by atoms with Crippen LogP contribution in [-0.2, 0) is 6.42 Å². The van der Waals surface area contributed by atoms with Crippen molar-refractivity contribution in [3.05, 3.63) is 28.2 Å². The molecule has 0 unspecified atom stereocenters. The van der Waals surface area contributed by atoms with Crippen LogP contribution >= 0.6 is 15.9 Å². The third kappa shape index (κ3) is 3.00. The van der Waals surface area contributed by atoms with Gasteiger partial charge in [-0.1, -0.05) is 22.0 Å². The second kappa shape index (κ2) is 5.37. The fourth-order valence-corrected chi connectivity index (χ4v) is 1.87. The standard InChI is InChI=1S/C11H15BrO2/c1-8(13)6-7-9-10(12)4-3-5-11(9)14-2/h3-5,8,13H,6-7H2,1-2H3/t8-/m1/s1. The summed E-state index contributed by atoms with van der Waals surface area (Å²) in [5.41, 5.74) is 1.12. The maximum Gasteiger partial charge on any atom is 0.123 e. The zero-order valence-corrected chi connectivity index (χ0v) is 10.0. The van der Waals surface area contributed by atoms with Gasteiger partial charge in [0.05, 0.1) is 13.2 Å². The molecular formula is C11H15BrO2. The fraction of sp³-hybridized carbons (Fsp3) is 0.455. The van der Waals surface area contributed by atoms with Gasteiger partial charge < -0.3 is 9.84 Å². The minimum Gasteiger partial charge on any atom is -0.496 e. The van der Waals surface area contributed by atoms with E-state index in [1.807, 2.05) is 18.2 Å². The topological polar surface area (TPSA) is 29.5 Å². The van der Waals surface area contributed by atoms with Gasteiger partial charge in [-0.05, 0) is 31.9 Å². The van der Waals surface area contributed by atoms with E-state index in [1.165, 1.54) is 0 Å². The van der Waals surface area contributed by atoms with Crippen molar-refractivity contribution in [3.8, 4) is 5.75 Å². The average Bonchev–Trinajstić information content (AvgIpc) is 2.15. The van der Waals surface area contributed by atoms with Crippen molar-refractivity contribution in [2.75, 3.05) is 7.11 Å². The minimum absolute atomic E-state index is 0.271. The van der Waals surface area contributed by atoms with E-state index in [1.54, 1.807) is 14.0 Å². The Morgan fingerprint density at radius 1 is 1.50 bits per heavy atom. The number of hydrogen-bond donors (Lipinski definition) is 1. The van der Waals surface area contributed by atoms with Gasteiger partial charge in [0, 0.05) is 10.0 Å². The first-order valence-electron chi connectivity index (χ1n) is 4.64. The largest absolute Gasteiger partial charge is 0.496 e. The zero-order chi connectivity index (χ0) is 10.6. The molecule has 0 bridgehead atoms. The first kappa shape index (κ1) is 11.5. The number of benzene rings is 1. The van der Waals surface area contributed by atoms with Gasteiger partial charge in [-0.15, -0.1) is 0 Å². The Kier molecular flexibility index (Phi) is 4.42. The molecule has 0 aliphatic rings. The lowest BCUT2D eigenvalue weighted by atomic mass is 10.1. The Balaban J connectivity index is 2.82. The van der Waals surface area contributed by atoms with Gasteiger partial charge in [0.15, 0.2) is 0 Å². The van der Waals surface area contributed by atoms with Crippen LogP contribution in [0.25, 0.3) is 0 Å². The van der Waals surface area contributed by atoms with Crippen LogP contribution in [0.2, 0.25) is 0 Å². The molecule has 1 rings (SSSR count). The van der Waals surface area contributed by atoms with E-state index in [9.17, 15) is 5.11 Å². The number of ether oxygens (including phenoxy) is 1. The van der Waals surface area contributed by atoms with Crippen molar-refractivity contribution in [1.82, 2.24) is 0 Å². The monoisotopic (exact) mass is 258 g/mol. The van der Waals surface area contributed by atoms with Crippen molar-refractivity contribution in [1.29, 1.82) is 0 Å². The van der Waals surface area contributed by atoms with Gasteiger partial charge in [-0.2, -0.15) is 0 Å². The molecule has 1 N–H and O–H groups in total. The van der Waals surface area contributed by atoms with Crippen LogP contribution in [0, 0.1) is 0 Å². The molecule has 1 aromatic rings. The van der Waals surface area contributed by atoms with Gasteiger partial charge in [0.1, 0.15) is 5.75 Å². The Morgan fingerprint density at radius 2 is 2.21 bits per heavy atom. The van der Waals surface area contributed by atoms with Crippen molar-refractivity contribution < 1.29 is 9.84 Å². The molecule has 14 heavy (non-hydrogen) atoms. The van der Waals surface area contributed by atoms with E-state index >= 15 is 0 Å². The minimum atomic E-state index is -0.271. The van der Waals surface area contributed by atoms with Gasteiger partial charge in [0.25, 0.3) is 0 Å². The molecule has 0 aromatic heterocycles. The molecule has 78 valence electrons. The van der Waals surface area contributed by atoms with Crippen LogP contribution in [0.15, 0.2) is 22.7 Å². The predicted octanol–water partition coefficient (Wildman–Crippen LogP) is 2.77. The van der Waals surface area contributed by atoms with E-state index in [0.717, 1.165) is 28.6 Å². The van der Waals surface area contributed by atoms with E-state index in [-0.39, 0.29) is 6.10 Å². The van der Waals surface area contributed by atoms with Gasteiger partial charge in [-0.25, -0.2) is 0 Å². The third-order valence-corrected chi connectivity index (χ3v) is 2.85. The van der Waals surface area contributed by atoms with E-state index < -0.39 is 0 Å². The van der Waals surface area contributed by atoms with Crippen LogP contribution < -0.4 is 4.74 Å². The lowest BCUT2D eigenvalue weighted by Gasteiger charge is -2.11. The molecule has 0 amide bonds. The molecule has 0 spiro atoms. The first-order valence-corrected chi connectivity index (χ1v) is 5.44. The number of methoxy groups -OCH3 is 1. The SMILES string of the molecule is COc1cccc(Br)c1CC[C@@H](C)O. The van der Waals surface area contributed by atoms with Crippen molar-refractivity contribution in [2.24, 2.45) is 0 Å². The highest BCUT2D eigenvalue weighted by molar-refractivity contribution is 9.10. The number of aliphatic hydroxyl groups excluding tert-OH is 1. The van der Waals surface area contributed by atoms with E-state index in [4.69, 9.17) is 4.74 Å². The Bertz CT molecular complexity index is 297. The highest BCUT2D eigenvalue weighted by Crippen LogP contribution is 2.27. The summed E-state index contributed by atoms with van der Waals surface area (Å²) in [4.78, 5) is 0. The number of halogens is 1. The predicted molar refractivity (Wildman–Crippen MR) is 60.7 cm³/mol. The van der Waals surface area contributed by atoms with Crippen LogP contribution in [0.5, 0.6) is 5.75 Å². The zero-order valence-electron chi connectivity index (χ0n) is 8.46. The fourth-order valence-electron chi connectivity index (χ4n) is 1.33. The lowest BCUT2D eigenvalue weighted by Crippen LogP contribution is -2.03. The van der Waals surface area contributed by atoms with Crippen molar-refractivity contribution in [3.63, 3.8) is 0 Å². The van der Waals surface area contributed by atoms with Crippen molar-refractivity contribution in [2.45, 2.75) is 25.9 Å². The average molecular weight is 259 g/mol.